The minimum absolute atomic E-state index is 0.0282. The number of likely N-dealkylation sites (N-methyl/N-ethyl adjacent to an activating group) is 1. The normalized spacial score (nSPS) is 25.0. The van der Waals surface area contributed by atoms with Gasteiger partial charge in [0.1, 0.15) is 5.75 Å². The Bertz CT molecular complexity index is 419. The molecule has 2 N–H and O–H groups in total. The lowest BCUT2D eigenvalue weighted by Crippen LogP contribution is -2.23. The summed E-state index contributed by atoms with van der Waals surface area (Å²) in [5.41, 5.74) is 0.911. The number of phenolic OH excluding ortho intramolecular Hbond substituents is 1. The zero-order valence-electron chi connectivity index (χ0n) is 9.84. The third-order valence-electron chi connectivity index (χ3n) is 3.46. The van der Waals surface area contributed by atoms with Gasteiger partial charge < -0.3 is 15.1 Å². The van der Waals surface area contributed by atoms with Crippen LogP contribution in [0.15, 0.2) is 24.3 Å². The molecule has 4 nitrogen and oxygen atoms in total. The Labute approximate surface area is 100 Å². The van der Waals surface area contributed by atoms with E-state index < -0.39 is 5.97 Å². The fourth-order valence-corrected chi connectivity index (χ4v) is 2.49. The first-order chi connectivity index (χ1) is 8.11. The number of hydrogen-bond donors (Lipinski definition) is 2. The molecule has 0 spiro atoms. The smallest absolute Gasteiger partial charge is 0.308 e. The van der Waals surface area contributed by atoms with Crippen molar-refractivity contribution in [2.45, 2.75) is 12.8 Å². The van der Waals surface area contributed by atoms with Crippen LogP contribution in [0.4, 0.5) is 0 Å². The molecule has 0 radical (unpaired) electrons. The summed E-state index contributed by atoms with van der Waals surface area (Å²) in [4.78, 5) is 13.4. The maximum absolute atomic E-state index is 11.2. The predicted octanol–water partition coefficient (Wildman–Crippen LogP) is 1.51. The zero-order valence-corrected chi connectivity index (χ0v) is 9.84. The van der Waals surface area contributed by atoms with Gasteiger partial charge in [-0.25, -0.2) is 0 Å². The van der Waals surface area contributed by atoms with Crippen molar-refractivity contribution < 1.29 is 15.0 Å². The van der Waals surface area contributed by atoms with E-state index in [2.05, 4.69) is 4.90 Å². The van der Waals surface area contributed by atoms with Crippen LogP contribution in [0.1, 0.15) is 18.4 Å². The lowest BCUT2D eigenvalue weighted by molar-refractivity contribution is -0.141. The molecule has 1 aliphatic heterocycles. The monoisotopic (exact) mass is 235 g/mol. The maximum atomic E-state index is 11.2. The van der Waals surface area contributed by atoms with Crippen molar-refractivity contribution in [2.24, 2.45) is 5.92 Å². The highest BCUT2D eigenvalue weighted by Crippen LogP contribution is 2.33. The van der Waals surface area contributed by atoms with Crippen LogP contribution in [0, 0.1) is 5.92 Å². The highest BCUT2D eigenvalue weighted by atomic mass is 16.4. The minimum Gasteiger partial charge on any atom is -0.508 e. The van der Waals surface area contributed by atoms with E-state index in [1.54, 1.807) is 18.2 Å². The van der Waals surface area contributed by atoms with Crippen molar-refractivity contribution >= 4 is 5.97 Å². The lowest BCUT2D eigenvalue weighted by Gasteiger charge is -2.15. The van der Waals surface area contributed by atoms with Crippen LogP contribution in [-0.4, -0.2) is 40.7 Å². The Morgan fingerprint density at radius 2 is 2.24 bits per heavy atom. The van der Waals surface area contributed by atoms with Gasteiger partial charge in [-0.2, -0.15) is 0 Å². The van der Waals surface area contributed by atoms with Gasteiger partial charge in [-0.05, 0) is 24.2 Å². The molecule has 1 saturated heterocycles. The zero-order chi connectivity index (χ0) is 12.4. The van der Waals surface area contributed by atoms with E-state index in [-0.39, 0.29) is 17.6 Å². The molecular weight excluding hydrogens is 218 g/mol. The van der Waals surface area contributed by atoms with E-state index in [0.717, 1.165) is 18.7 Å². The van der Waals surface area contributed by atoms with Gasteiger partial charge >= 0.3 is 5.97 Å². The van der Waals surface area contributed by atoms with Crippen molar-refractivity contribution in [3.63, 3.8) is 0 Å². The van der Waals surface area contributed by atoms with Gasteiger partial charge in [0, 0.05) is 19.0 Å². The average Bonchev–Trinajstić information content (AvgIpc) is 2.73. The number of benzene rings is 1. The van der Waals surface area contributed by atoms with Crippen molar-refractivity contribution in [1.29, 1.82) is 0 Å². The van der Waals surface area contributed by atoms with Crippen molar-refractivity contribution in [2.75, 3.05) is 19.6 Å². The number of rotatable bonds is 3. The van der Waals surface area contributed by atoms with Crippen LogP contribution in [0.5, 0.6) is 5.75 Å². The third kappa shape index (κ3) is 2.42. The van der Waals surface area contributed by atoms with Gasteiger partial charge in [0.25, 0.3) is 0 Å². The molecule has 1 aromatic carbocycles. The first-order valence-electron chi connectivity index (χ1n) is 5.86. The first-order valence-corrected chi connectivity index (χ1v) is 5.86. The number of nitrogens with zero attached hydrogens (tertiary/aromatic N) is 1. The summed E-state index contributed by atoms with van der Waals surface area (Å²) in [5.74, 6) is -0.966. The van der Waals surface area contributed by atoms with Gasteiger partial charge in [-0.3, -0.25) is 4.79 Å². The van der Waals surface area contributed by atoms with Gasteiger partial charge in [-0.15, -0.1) is 0 Å². The van der Waals surface area contributed by atoms with Crippen molar-refractivity contribution in [1.82, 2.24) is 4.90 Å². The molecule has 0 saturated carbocycles. The molecule has 1 heterocycles. The molecule has 0 aliphatic carbocycles. The summed E-state index contributed by atoms with van der Waals surface area (Å²) in [6, 6.07) is 6.92. The number of hydrogen-bond acceptors (Lipinski definition) is 3. The maximum Gasteiger partial charge on any atom is 0.308 e. The molecular formula is C13H17NO3. The van der Waals surface area contributed by atoms with E-state index in [1.165, 1.54) is 0 Å². The number of carboxylic acids is 1. The second-order valence-corrected chi connectivity index (χ2v) is 4.50. The molecule has 2 unspecified atom stereocenters. The molecule has 2 rings (SSSR count). The second-order valence-electron chi connectivity index (χ2n) is 4.50. The Balaban J connectivity index is 2.26. The van der Waals surface area contributed by atoms with Crippen LogP contribution < -0.4 is 0 Å². The largest absolute Gasteiger partial charge is 0.508 e. The molecule has 0 amide bonds. The van der Waals surface area contributed by atoms with E-state index in [1.807, 2.05) is 13.0 Å². The number of aliphatic carboxylic acids is 1. The third-order valence-corrected chi connectivity index (χ3v) is 3.46. The van der Waals surface area contributed by atoms with Crippen LogP contribution in [0.25, 0.3) is 0 Å². The highest BCUT2D eigenvalue weighted by Gasteiger charge is 2.37. The Kier molecular flexibility index (Phi) is 3.33. The SMILES string of the molecule is CCN1CC(C(=O)O)C(c2cccc(O)c2)C1. The Morgan fingerprint density at radius 1 is 1.47 bits per heavy atom. The van der Waals surface area contributed by atoms with Crippen molar-refractivity contribution in [3.05, 3.63) is 29.8 Å². The minimum atomic E-state index is -0.755. The molecule has 4 heteroatoms. The summed E-state index contributed by atoms with van der Waals surface area (Å²) in [6.45, 7) is 4.23. The van der Waals surface area contributed by atoms with Gasteiger partial charge in [0.15, 0.2) is 0 Å². The van der Waals surface area contributed by atoms with E-state index >= 15 is 0 Å². The van der Waals surface area contributed by atoms with Crippen LogP contribution in [-0.2, 0) is 4.79 Å². The van der Waals surface area contributed by atoms with Crippen LogP contribution in [0.2, 0.25) is 0 Å². The fourth-order valence-electron chi connectivity index (χ4n) is 2.49. The molecule has 0 bridgehead atoms. The number of likely N-dealkylation sites (tertiary alicyclic amines) is 1. The molecule has 17 heavy (non-hydrogen) atoms. The highest BCUT2D eigenvalue weighted by molar-refractivity contribution is 5.72. The summed E-state index contributed by atoms with van der Waals surface area (Å²) in [7, 11) is 0. The molecule has 2 atom stereocenters. The first kappa shape index (κ1) is 11.9. The quantitative estimate of drug-likeness (QED) is 0.833. The van der Waals surface area contributed by atoms with E-state index in [4.69, 9.17) is 0 Å². The summed E-state index contributed by atoms with van der Waals surface area (Å²) >= 11 is 0. The molecule has 92 valence electrons. The fraction of sp³-hybridized carbons (Fsp3) is 0.462. The molecule has 0 aromatic heterocycles. The summed E-state index contributed by atoms with van der Waals surface area (Å²) in [5, 5.41) is 18.7. The van der Waals surface area contributed by atoms with E-state index in [9.17, 15) is 15.0 Å². The Hall–Kier alpha value is -1.55. The summed E-state index contributed by atoms with van der Waals surface area (Å²) < 4.78 is 0. The van der Waals surface area contributed by atoms with Crippen LogP contribution >= 0.6 is 0 Å². The predicted molar refractivity (Wildman–Crippen MR) is 64.1 cm³/mol. The number of phenols is 1. The number of carbonyl (C=O) groups is 1. The topological polar surface area (TPSA) is 60.8 Å². The Morgan fingerprint density at radius 3 is 2.82 bits per heavy atom. The van der Waals surface area contributed by atoms with Gasteiger partial charge in [0.05, 0.1) is 5.92 Å². The average molecular weight is 235 g/mol. The van der Waals surface area contributed by atoms with Crippen LogP contribution in [0.3, 0.4) is 0 Å². The molecule has 1 aliphatic rings. The molecule has 1 fully saturated rings. The molecule has 1 aromatic rings. The van der Waals surface area contributed by atoms with E-state index in [0.29, 0.717) is 6.54 Å². The van der Waals surface area contributed by atoms with Gasteiger partial charge in [0.2, 0.25) is 0 Å². The summed E-state index contributed by atoms with van der Waals surface area (Å²) in [6.07, 6.45) is 0. The lowest BCUT2D eigenvalue weighted by atomic mass is 9.89. The number of carboxylic acid groups (broad SMARTS) is 1. The van der Waals surface area contributed by atoms with Gasteiger partial charge in [-0.1, -0.05) is 19.1 Å². The standard InChI is InChI=1S/C13H17NO3/c1-2-14-7-11(12(8-14)13(16)17)9-4-3-5-10(15)6-9/h3-6,11-12,15H,2,7-8H2,1H3,(H,16,17). The number of aromatic hydroxyl groups is 1. The van der Waals surface area contributed by atoms with Crippen molar-refractivity contribution in [3.8, 4) is 5.75 Å². The second kappa shape index (κ2) is 4.75.